The molecular formula is C16H20N2O2. The Balaban J connectivity index is 1.94. The number of nitrogens with one attached hydrogen (secondary N) is 1. The minimum atomic E-state index is -0.433. The zero-order valence-corrected chi connectivity index (χ0v) is 11.5. The molecule has 3 rings (SSSR count). The third-order valence-electron chi connectivity index (χ3n) is 4.11. The zero-order chi connectivity index (χ0) is 13.9. The van der Waals surface area contributed by atoms with Gasteiger partial charge in [0.1, 0.15) is 0 Å². The molecule has 1 aliphatic rings. The summed E-state index contributed by atoms with van der Waals surface area (Å²) in [5.41, 5.74) is 1.74. The number of aromatic nitrogens is 2. The van der Waals surface area contributed by atoms with Crippen molar-refractivity contribution in [1.82, 2.24) is 9.78 Å². The average Bonchev–Trinajstić information content (AvgIpc) is 2.72. The van der Waals surface area contributed by atoms with Crippen LogP contribution in [0.3, 0.4) is 0 Å². The maximum atomic E-state index is 12.2. The lowest BCUT2D eigenvalue weighted by molar-refractivity contribution is 0.0975. The Morgan fingerprint density at radius 2 is 1.85 bits per heavy atom. The average molecular weight is 272 g/mol. The highest BCUT2D eigenvalue weighted by Gasteiger charge is 2.25. The molecule has 4 heteroatoms. The van der Waals surface area contributed by atoms with Gasteiger partial charge in [0.15, 0.2) is 0 Å². The fraction of sp³-hybridized carbons (Fsp3) is 0.438. The third kappa shape index (κ3) is 2.56. The lowest BCUT2D eigenvalue weighted by atomic mass is 10.1. The Morgan fingerprint density at radius 3 is 2.65 bits per heavy atom. The van der Waals surface area contributed by atoms with E-state index in [0.717, 1.165) is 43.4 Å². The molecule has 0 bridgehead atoms. The standard InChI is InChI=1S/C16H20N2O2/c19-15-10-6-2-5-9-14(15)18-16(20)11-13(17-18)12-7-3-1-4-8-12/h1,3-4,7-8,11,14-15,17,19H,2,5-6,9-10H2. The smallest absolute Gasteiger partial charge is 0.267 e. The molecule has 1 fully saturated rings. The first-order chi connectivity index (χ1) is 9.75. The second kappa shape index (κ2) is 5.67. The Hall–Kier alpha value is -1.81. The first kappa shape index (κ1) is 13.2. The van der Waals surface area contributed by atoms with Crippen molar-refractivity contribution in [2.45, 2.75) is 44.2 Å². The molecule has 1 aliphatic carbocycles. The van der Waals surface area contributed by atoms with Crippen LogP contribution in [0.5, 0.6) is 0 Å². The van der Waals surface area contributed by atoms with Gasteiger partial charge in [0.05, 0.1) is 17.8 Å². The predicted octanol–water partition coefficient (Wildman–Crippen LogP) is 2.71. The molecule has 0 radical (unpaired) electrons. The second-order valence-electron chi connectivity index (χ2n) is 5.52. The van der Waals surface area contributed by atoms with E-state index in [2.05, 4.69) is 5.10 Å². The minimum Gasteiger partial charge on any atom is -0.391 e. The number of rotatable bonds is 2. The van der Waals surface area contributed by atoms with Crippen molar-refractivity contribution < 1.29 is 5.11 Å². The Bertz CT molecular complexity index is 615. The summed E-state index contributed by atoms with van der Waals surface area (Å²) in [5, 5.41) is 13.4. The van der Waals surface area contributed by atoms with Crippen LogP contribution in [0.25, 0.3) is 11.3 Å². The fourth-order valence-electron chi connectivity index (χ4n) is 2.99. The summed E-state index contributed by atoms with van der Waals surface area (Å²) in [6.07, 6.45) is 4.44. The summed E-state index contributed by atoms with van der Waals surface area (Å²) in [5.74, 6) is 0. The summed E-state index contributed by atoms with van der Waals surface area (Å²) in [4.78, 5) is 12.2. The maximum Gasteiger partial charge on any atom is 0.267 e. The SMILES string of the molecule is O=c1cc(-c2ccccc2)[nH]n1C1CCCCCC1O. The van der Waals surface area contributed by atoms with Gasteiger partial charge in [-0.15, -0.1) is 0 Å². The Morgan fingerprint density at radius 1 is 1.10 bits per heavy atom. The quantitative estimate of drug-likeness (QED) is 0.826. The number of hydrogen-bond donors (Lipinski definition) is 2. The number of nitrogens with zero attached hydrogens (tertiary/aromatic N) is 1. The van der Waals surface area contributed by atoms with Gasteiger partial charge < -0.3 is 5.11 Å². The monoisotopic (exact) mass is 272 g/mol. The van der Waals surface area contributed by atoms with Crippen LogP contribution < -0.4 is 5.56 Å². The number of aliphatic hydroxyl groups is 1. The number of aliphatic hydroxyl groups excluding tert-OH is 1. The predicted molar refractivity (Wildman–Crippen MR) is 78.6 cm³/mol. The molecule has 1 heterocycles. The van der Waals surface area contributed by atoms with E-state index in [1.165, 1.54) is 0 Å². The van der Waals surface area contributed by atoms with Crippen molar-refractivity contribution in [2.24, 2.45) is 0 Å². The van der Waals surface area contributed by atoms with E-state index >= 15 is 0 Å². The van der Waals surface area contributed by atoms with Crippen molar-refractivity contribution >= 4 is 0 Å². The van der Waals surface area contributed by atoms with Crippen molar-refractivity contribution in [1.29, 1.82) is 0 Å². The van der Waals surface area contributed by atoms with Crippen molar-refractivity contribution in [3.05, 3.63) is 46.8 Å². The summed E-state index contributed by atoms with van der Waals surface area (Å²) in [6, 6.07) is 11.3. The number of benzene rings is 1. The first-order valence-electron chi connectivity index (χ1n) is 7.31. The van der Waals surface area contributed by atoms with Crippen LogP contribution in [-0.4, -0.2) is 21.0 Å². The van der Waals surface area contributed by atoms with Crippen LogP contribution >= 0.6 is 0 Å². The first-order valence-corrected chi connectivity index (χ1v) is 7.31. The molecule has 2 atom stereocenters. The van der Waals surface area contributed by atoms with Crippen molar-refractivity contribution in [3.63, 3.8) is 0 Å². The third-order valence-corrected chi connectivity index (χ3v) is 4.11. The number of hydrogen-bond acceptors (Lipinski definition) is 2. The maximum absolute atomic E-state index is 12.2. The molecule has 4 nitrogen and oxygen atoms in total. The van der Waals surface area contributed by atoms with E-state index in [-0.39, 0.29) is 11.6 Å². The number of aromatic amines is 1. The van der Waals surface area contributed by atoms with Gasteiger partial charge in [-0.2, -0.15) is 0 Å². The van der Waals surface area contributed by atoms with E-state index in [1.54, 1.807) is 10.7 Å². The molecule has 0 amide bonds. The molecule has 20 heavy (non-hydrogen) atoms. The van der Waals surface area contributed by atoms with Crippen molar-refractivity contribution in [2.75, 3.05) is 0 Å². The fourth-order valence-corrected chi connectivity index (χ4v) is 2.99. The van der Waals surface area contributed by atoms with E-state index in [4.69, 9.17) is 0 Å². The molecule has 2 unspecified atom stereocenters. The van der Waals surface area contributed by atoms with Gasteiger partial charge in [-0.1, -0.05) is 49.6 Å². The lowest BCUT2D eigenvalue weighted by Gasteiger charge is -2.20. The second-order valence-corrected chi connectivity index (χ2v) is 5.52. The summed E-state index contributed by atoms with van der Waals surface area (Å²) in [6.45, 7) is 0. The van der Waals surface area contributed by atoms with Crippen LogP contribution in [0, 0.1) is 0 Å². The van der Waals surface area contributed by atoms with Gasteiger partial charge in [-0.25, -0.2) is 4.68 Å². The number of H-pyrrole nitrogens is 1. The molecule has 106 valence electrons. The van der Waals surface area contributed by atoms with E-state index in [1.807, 2.05) is 30.3 Å². The minimum absolute atomic E-state index is 0.0604. The van der Waals surface area contributed by atoms with Crippen LogP contribution in [0.15, 0.2) is 41.2 Å². The molecule has 1 aromatic carbocycles. The molecule has 1 saturated carbocycles. The molecule has 0 saturated heterocycles. The van der Waals surface area contributed by atoms with Gasteiger partial charge in [0, 0.05) is 6.07 Å². The van der Waals surface area contributed by atoms with Gasteiger partial charge in [-0.3, -0.25) is 9.89 Å². The summed E-state index contributed by atoms with van der Waals surface area (Å²) < 4.78 is 1.61. The van der Waals surface area contributed by atoms with E-state index in [9.17, 15) is 9.90 Å². The Kier molecular flexibility index (Phi) is 3.74. The van der Waals surface area contributed by atoms with Crippen LogP contribution in [0.4, 0.5) is 0 Å². The van der Waals surface area contributed by atoms with Crippen LogP contribution in [-0.2, 0) is 0 Å². The van der Waals surface area contributed by atoms with Crippen molar-refractivity contribution in [3.8, 4) is 11.3 Å². The van der Waals surface area contributed by atoms with Gasteiger partial charge in [0.25, 0.3) is 5.56 Å². The van der Waals surface area contributed by atoms with E-state index in [0.29, 0.717) is 0 Å². The molecule has 0 aliphatic heterocycles. The molecule has 1 aromatic heterocycles. The Labute approximate surface area is 118 Å². The van der Waals surface area contributed by atoms with Gasteiger partial charge in [0.2, 0.25) is 0 Å². The summed E-state index contributed by atoms with van der Waals surface area (Å²) >= 11 is 0. The highest BCUT2D eigenvalue weighted by Crippen LogP contribution is 2.27. The molecule has 2 N–H and O–H groups in total. The summed E-state index contributed by atoms with van der Waals surface area (Å²) in [7, 11) is 0. The normalized spacial score (nSPS) is 23.4. The highest BCUT2D eigenvalue weighted by atomic mass is 16.3. The molecule has 2 aromatic rings. The lowest BCUT2D eigenvalue weighted by Crippen LogP contribution is -2.30. The molecular weight excluding hydrogens is 252 g/mol. The largest absolute Gasteiger partial charge is 0.391 e. The molecule has 0 spiro atoms. The van der Waals surface area contributed by atoms with E-state index < -0.39 is 6.10 Å². The topological polar surface area (TPSA) is 58.0 Å². The van der Waals surface area contributed by atoms with Crippen LogP contribution in [0.2, 0.25) is 0 Å². The highest BCUT2D eigenvalue weighted by molar-refractivity contribution is 5.58. The van der Waals surface area contributed by atoms with Gasteiger partial charge in [-0.05, 0) is 18.4 Å². The van der Waals surface area contributed by atoms with Crippen LogP contribution in [0.1, 0.15) is 38.1 Å². The zero-order valence-electron chi connectivity index (χ0n) is 11.5. The van der Waals surface area contributed by atoms with Gasteiger partial charge >= 0.3 is 0 Å².